The monoisotopic (exact) mass is 556 g/mol. The molecular formula is C31H24Cl2Zr-2. The molecule has 0 saturated heterocycles. The molecule has 34 heavy (non-hydrogen) atoms. The van der Waals surface area contributed by atoms with Crippen molar-refractivity contribution in [1.29, 1.82) is 0 Å². The van der Waals surface area contributed by atoms with Gasteiger partial charge in [0.2, 0.25) is 0 Å². The van der Waals surface area contributed by atoms with Crippen molar-refractivity contribution < 1.29 is 49.0 Å². The molecule has 0 atom stereocenters. The summed E-state index contributed by atoms with van der Waals surface area (Å²) in [5.41, 5.74) is 10.3. The van der Waals surface area contributed by atoms with Crippen LogP contribution in [0.2, 0.25) is 0 Å². The van der Waals surface area contributed by atoms with E-state index in [0.717, 1.165) is 6.42 Å². The van der Waals surface area contributed by atoms with Gasteiger partial charge in [-0.1, -0.05) is 107 Å². The minimum atomic E-state index is 0. The van der Waals surface area contributed by atoms with E-state index in [1.807, 2.05) is 30.3 Å². The molecule has 0 bridgehead atoms. The maximum atomic E-state index is 3.76. The van der Waals surface area contributed by atoms with Gasteiger partial charge in [0.1, 0.15) is 0 Å². The van der Waals surface area contributed by atoms with E-state index in [0.29, 0.717) is 0 Å². The molecule has 0 radical (unpaired) electrons. The quantitative estimate of drug-likeness (QED) is 0.285. The van der Waals surface area contributed by atoms with Gasteiger partial charge in [-0.05, 0) is 12.0 Å². The van der Waals surface area contributed by atoms with Crippen molar-refractivity contribution in [3.05, 3.63) is 139 Å². The third-order valence-electron chi connectivity index (χ3n) is 5.54. The summed E-state index contributed by atoms with van der Waals surface area (Å²) in [6.07, 6.45) is 0.973. The zero-order chi connectivity index (χ0) is 22.2. The Kier molecular flexibility index (Phi) is 11.5. The molecule has 3 heteroatoms. The third-order valence-corrected chi connectivity index (χ3v) is 5.54. The van der Waals surface area contributed by atoms with Gasteiger partial charge < -0.3 is 24.8 Å². The van der Waals surface area contributed by atoms with E-state index in [4.69, 9.17) is 0 Å². The van der Waals surface area contributed by atoms with Gasteiger partial charge in [-0.25, -0.2) is 12.1 Å². The summed E-state index contributed by atoms with van der Waals surface area (Å²) in [5.74, 6) is 0. The summed E-state index contributed by atoms with van der Waals surface area (Å²) >= 11 is 1.30. The molecule has 6 rings (SSSR count). The molecule has 1 aliphatic carbocycles. The van der Waals surface area contributed by atoms with Crippen LogP contribution in [-0.4, -0.2) is 4.21 Å². The molecule has 168 valence electrons. The summed E-state index contributed by atoms with van der Waals surface area (Å²) in [4.78, 5) is 0. The fourth-order valence-corrected chi connectivity index (χ4v) is 4.10. The van der Waals surface area contributed by atoms with E-state index in [1.165, 1.54) is 68.7 Å². The van der Waals surface area contributed by atoms with Gasteiger partial charge in [0.05, 0.1) is 0 Å². The zero-order valence-corrected chi connectivity index (χ0v) is 22.7. The maximum Gasteiger partial charge on any atom is -0.0195 e. The molecule has 1 aliphatic rings. The smallest absolute Gasteiger partial charge is 0.0195 e. The second-order valence-corrected chi connectivity index (χ2v) is 7.48. The van der Waals surface area contributed by atoms with Crippen molar-refractivity contribution >= 4 is 4.21 Å². The van der Waals surface area contributed by atoms with Gasteiger partial charge in [0, 0.05) is 0 Å². The van der Waals surface area contributed by atoms with Gasteiger partial charge in [0.25, 0.3) is 0 Å². The first kappa shape index (κ1) is 27.8. The first-order valence-electron chi connectivity index (χ1n) is 10.7. The second kappa shape index (κ2) is 14.1. The molecule has 5 aromatic rings. The number of benzene rings is 4. The number of rotatable bonds is 2. The molecule has 0 N–H and O–H groups in total. The van der Waals surface area contributed by atoms with E-state index in [1.54, 1.807) is 0 Å². The van der Waals surface area contributed by atoms with Crippen LogP contribution in [0, 0.1) is 6.07 Å². The fraction of sp³-hybridized carbons (Fsp3) is 0.0323. The number of halogens is 2. The van der Waals surface area contributed by atoms with Gasteiger partial charge in [-0.15, -0.1) is 28.8 Å². The Labute approximate surface area is 230 Å². The Hall–Kier alpha value is -2.44. The zero-order valence-electron chi connectivity index (χ0n) is 18.7. The van der Waals surface area contributed by atoms with E-state index in [-0.39, 0.29) is 24.8 Å². The van der Waals surface area contributed by atoms with E-state index in [2.05, 4.69) is 101 Å². The average Bonchev–Trinajstić information content (AvgIpc) is 3.57. The molecule has 0 aliphatic heterocycles. The van der Waals surface area contributed by atoms with Crippen molar-refractivity contribution in [2.75, 3.05) is 0 Å². The van der Waals surface area contributed by atoms with Crippen LogP contribution in [0.1, 0.15) is 11.1 Å². The largest absolute Gasteiger partial charge is 1.00 e. The Morgan fingerprint density at radius 3 is 1.76 bits per heavy atom. The van der Waals surface area contributed by atoms with Crippen molar-refractivity contribution in [2.45, 2.75) is 6.42 Å². The molecule has 0 fully saturated rings. The van der Waals surface area contributed by atoms with Crippen molar-refractivity contribution in [1.82, 2.24) is 0 Å². The Morgan fingerprint density at radius 2 is 1.18 bits per heavy atom. The van der Waals surface area contributed by atoms with Gasteiger partial charge in [0.15, 0.2) is 0 Å². The first-order valence-corrected chi connectivity index (χ1v) is 12.4. The second-order valence-electron chi connectivity index (χ2n) is 7.48. The topological polar surface area (TPSA) is 0 Å². The third kappa shape index (κ3) is 6.36. The maximum absolute atomic E-state index is 3.76. The molecule has 0 saturated carbocycles. The number of hydrogen-bond donors (Lipinski definition) is 0. The van der Waals surface area contributed by atoms with Gasteiger partial charge >= 0.3 is 28.4 Å². The van der Waals surface area contributed by atoms with Crippen LogP contribution < -0.4 is 24.8 Å². The SMILES string of the molecule is [CH2]=[Zr+2].[Cl-].[Cl-].[c-]1c2c(cc(-c3ccccc3)c1-c1ccccc1)-c1ccccc1C2.c1cc[cH-]c1. The van der Waals surface area contributed by atoms with E-state index in [9.17, 15) is 0 Å². The Bertz CT molecular complexity index is 1250. The van der Waals surface area contributed by atoms with E-state index >= 15 is 0 Å². The van der Waals surface area contributed by atoms with Crippen LogP contribution in [0.25, 0.3) is 33.4 Å². The van der Waals surface area contributed by atoms with Gasteiger partial charge in [-0.3, -0.25) is 0 Å². The molecule has 0 aromatic heterocycles. The summed E-state index contributed by atoms with van der Waals surface area (Å²) < 4.78 is 3.34. The Balaban J connectivity index is 0.000000400. The molecular weight excluding hydrogens is 534 g/mol. The summed E-state index contributed by atoms with van der Waals surface area (Å²) in [5, 5.41) is 0. The number of fused-ring (bicyclic) bond motifs is 3. The van der Waals surface area contributed by atoms with Crippen molar-refractivity contribution in [2.24, 2.45) is 0 Å². The van der Waals surface area contributed by atoms with Crippen molar-refractivity contribution in [3.8, 4) is 33.4 Å². The minimum absolute atomic E-state index is 0. The number of hydrogen-bond acceptors (Lipinski definition) is 0. The first-order chi connectivity index (χ1) is 15.9. The van der Waals surface area contributed by atoms with Crippen LogP contribution in [-0.2, 0) is 30.7 Å². The predicted octanol–water partition coefficient (Wildman–Crippen LogP) is 1.77. The predicted molar refractivity (Wildman–Crippen MR) is 134 cm³/mol. The standard InChI is InChI=1S/C25H17.C5H5.CH2.2ClH.Zr/c1-3-9-18(10-4-1)23-16-21-15-20-13-7-8-14-22(20)25(21)17-24(23)19-11-5-2-6-12-19;1-2-4-5-3-1;;;;/h1-14,17H,15H2;1-5H;1H2;2*1H;/q2*-1;;;;+2/p-2. The summed E-state index contributed by atoms with van der Waals surface area (Å²) in [6.45, 7) is 0. The van der Waals surface area contributed by atoms with Crippen LogP contribution in [0.5, 0.6) is 0 Å². The molecule has 0 unspecified atom stereocenters. The van der Waals surface area contributed by atoms with Crippen LogP contribution >= 0.6 is 0 Å². The molecule has 0 nitrogen and oxygen atoms in total. The van der Waals surface area contributed by atoms with Crippen LogP contribution in [0.15, 0.2) is 121 Å². The van der Waals surface area contributed by atoms with E-state index < -0.39 is 0 Å². The molecule has 5 aromatic carbocycles. The van der Waals surface area contributed by atoms with Crippen LogP contribution in [0.3, 0.4) is 0 Å². The van der Waals surface area contributed by atoms with Crippen LogP contribution in [0.4, 0.5) is 0 Å². The molecule has 0 heterocycles. The minimum Gasteiger partial charge on any atom is -1.00 e. The van der Waals surface area contributed by atoms with Gasteiger partial charge in [-0.2, -0.15) is 18.2 Å². The molecule has 0 spiro atoms. The Morgan fingerprint density at radius 1 is 0.618 bits per heavy atom. The summed E-state index contributed by atoms with van der Waals surface area (Å²) in [6, 6.07) is 46.1. The van der Waals surface area contributed by atoms with Crippen molar-refractivity contribution in [3.63, 3.8) is 0 Å². The normalized spacial score (nSPS) is 10.1. The summed E-state index contributed by atoms with van der Waals surface area (Å²) in [7, 11) is 0. The molecule has 0 amide bonds. The fourth-order valence-electron chi connectivity index (χ4n) is 4.10. The average molecular weight is 559 g/mol.